The molecule has 0 spiro atoms. The summed E-state index contributed by atoms with van der Waals surface area (Å²) < 4.78 is 0. The van der Waals surface area contributed by atoms with E-state index in [4.69, 9.17) is 0 Å². The van der Waals surface area contributed by atoms with Crippen molar-refractivity contribution in [1.29, 1.82) is 0 Å². The first kappa shape index (κ1) is 9.28. The standard InChI is InChI=1S/C10H15NO/c1-3-4-5-10(12)9-7-11-6-8(9)2/h8-9,11H,5-7H2,1-2H3. The second-order valence-corrected chi connectivity index (χ2v) is 3.31. The fourth-order valence-electron chi connectivity index (χ4n) is 1.55. The lowest BCUT2D eigenvalue weighted by Crippen LogP contribution is -2.20. The highest BCUT2D eigenvalue weighted by molar-refractivity contribution is 5.84. The Hall–Kier alpha value is -0.810. The number of carbonyl (C=O) groups excluding carboxylic acids is 1. The van der Waals surface area contributed by atoms with E-state index in [2.05, 4.69) is 24.1 Å². The van der Waals surface area contributed by atoms with E-state index in [1.165, 1.54) is 0 Å². The Morgan fingerprint density at radius 1 is 1.58 bits per heavy atom. The molecule has 0 amide bonds. The maximum absolute atomic E-state index is 11.5. The van der Waals surface area contributed by atoms with Gasteiger partial charge in [0, 0.05) is 12.5 Å². The van der Waals surface area contributed by atoms with E-state index >= 15 is 0 Å². The van der Waals surface area contributed by atoms with E-state index < -0.39 is 0 Å². The van der Waals surface area contributed by atoms with Crippen molar-refractivity contribution in [2.24, 2.45) is 11.8 Å². The van der Waals surface area contributed by atoms with E-state index in [-0.39, 0.29) is 5.92 Å². The minimum atomic E-state index is 0.200. The van der Waals surface area contributed by atoms with Gasteiger partial charge in [0.1, 0.15) is 5.78 Å². The Balaban J connectivity index is 2.44. The number of nitrogens with one attached hydrogen (secondary N) is 1. The molecule has 0 saturated carbocycles. The minimum Gasteiger partial charge on any atom is -0.316 e. The Kier molecular flexibility index (Phi) is 3.31. The number of rotatable bonds is 2. The molecule has 0 aromatic heterocycles. The van der Waals surface area contributed by atoms with Crippen LogP contribution in [0.5, 0.6) is 0 Å². The summed E-state index contributed by atoms with van der Waals surface area (Å²) in [6.07, 6.45) is 0.424. The molecule has 2 unspecified atom stereocenters. The molecule has 0 aromatic rings. The molecule has 1 fully saturated rings. The number of hydrogen-bond donors (Lipinski definition) is 1. The van der Waals surface area contributed by atoms with E-state index in [1.807, 2.05) is 0 Å². The fourth-order valence-corrected chi connectivity index (χ4v) is 1.55. The van der Waals surface area contributed by atoms with Gasteiger partial charge in [0.05, 0.1) is 6.42 Å². The number of hydrogen-bond acceptors (Lipinski definition) is 2. The molecule has 2 nitrogen and oxygen atoms in total. The number of carbonyl (C=O) groups is 1. The van der Waals surface area contributed by atoms with Crippen LogP contribution in [0.2, 0.25) is 0 Å². The Morgan fingerprint density at radius 3 is 2.83 bits per heavy atom. The van der Waals surface area contributed by atoms with Crippen LogP contribution >= 0.6 is 0 Å². The third-order valence-electron chi connectivity index (χ3n) is 2.37. The van der Waals surface area contributed by atoms with Gasteiger partial charge >= 0.3 is 0 Å². The zero-order valence-electron chi connectivity index (χ0n) is 7.68. The van der Waals surface area contributed by atoms with Crippen molar-refractivity contribution in [3.8, 4) is 11.8 Å². The summed E-state index contributed by atoms with van der Waals surface area (Å²) in [7, 11) is 0. The molecule has 1 aliphatic heterocycles. The van der Waals surface area contributed by atoms with E-state index in [0.29, 0.717) is 18.1 Å². The second-order valence-electron chi connectivity index (χ2n) is 3.31. The smallest absolute Gasteiger partial charge is 0.149 e. The zero-order chi connectivity index (χ0) is 8.97. The Bertz CT molecular complexity index is 224. The number of Topliss-reactive ketones (excluding diaryl/α,β-unsaturated/α-hetero) is 1. The molecular weight excluding hydrogens is 150 g/mol. The minimum absolute atomic E-state index is 0.200. The topological polar surface area (TPSA) is 29.1 Å². The summed E-state index contributed by atoms with van der Waals surface area (Å²) >= 11 is 0. The predicted molar refractivity (Wildman–Crippen MR) is 48.6 cm³/mol. The van der Waals surface area contributed by atoms with Crippen molar-refractivity contribution < 1.29 is 4.79 Å². The first-order valence-electron chi connectivity index (χ1n) is 4.38. The van der Waals surface area contributed by atoms with Gasteiger partial charge in [-0.15, -0.1) is 5.92 Å². The average molecular weight is 165 g/mol. The van der Waals surface area contributed by atoms with Crippen LogP contribution in [0.15, 0.2) is 0 Å². The van der Waals surface area contributed by atoms with Crippen LogP contribution in [-0.4, -0.2) is 18.9 Å². The van der Waals surface area contributed by atoms with Gasteiger partial charge in [-0.05, 0) is 19.4 Å². The first-order valence-corrected chi connectivity index (χ1v) is 4.38. The molecular formula is C10H15NO. The normalized spacial score (nSPS) is 27.8. The molecule has 0 aromatic carbocycles. The van der Waals surface area contributed by atoms with Crippen molar-refractivity contribution in [2.45, 2.75) is 20.3 Å². The molecule has 1 saturated heterocycles. The summed E-state index contributed by atoms with van der Waals surface area (Å²) in [4.78, 5) is 11.5. The van der Waals surface area contributed by atoms with Gasteiger partial charge < -0.3 is 5.32 Å². The third-order valence-corrected chi connectivity index (χ3v) is 2.37. The maximum atomic E-state index is 11.5. The molecule has 0 bridgehead atoms. The fraction of sp³-hybridized carbons (Fsp3) is 0.700. The van der Waals surface area contributed by atoms with Crippen molar-refractivity contribution >= 4 is 5.78 Å². The molecule has 1 rings (SSSR count). The lowest BCUT2D eigenvalue weighted by molar-refractivity contribution is -0.122. The van der Waals surface area contributed by atoms with E-state index in [0.717, 1.165) is 13.1 Å². The quantitative estimate of drug-likeness (QED) is 0.614. The molecule has 1 heterocycles. The van der Waals surface area contributed by atoms with Crippen LogP contribution in [-0.2, 0) is 4.79 Å². The lowest BCUT2D eigenvalue weighted by atomic mass is 9.92. The zero-order valence-corrected chi connectivity index (χ0v) is 7.68. The van der Waals surface area contributed by atoms with Gasteiger partial charge in [-0.2, -0.15) is 0 Å². The maximum Gasteiger partial charge on any atom is 0.149 e. The van der Waals surface area contributed by atoms with Gasteiger partial charge in [0.25, 0.3) is 0 Å². The van der Waals surface area contributed by atoms with Gasteiger partial charge in [-0.1, -0.05) is 12.8 Å². The SMILES string of the molecule is CC#CCC(=O)C1CNCC1C. The molecule has 0 radical (unpaired) electrons. The van der Waals surface area contributed by atoms with E-state index in [9.17, 15) is 4.79 Å². The van der Waals surface area contributed by atoms with Gasteiger partial charge in [0.2, 0.25) is 0 Å². The van der Waals surface area contributed by atoms with Gasteiger partial charge in [-0.3, -0.25) is 4.79 Å². The summed E-state index contributed by atoms with van der Waals surface area (Å²) in [6.45, 7) is 5.69. The highest BCUT2D eigenvalue weighted by Gasteiger charge is 2.28. The van der Waals surface area contributed by atoms with Crippen LogP contribution in [0.3, 0.4) is 0 Å². The molecule has 1 N–H and O–H groups in total. The highest BCUT2D eigenvalue weighted by Crippen LogP contribution is 2.17. The lowest BCUT2D eigenvalue weighted by Gasteiger charge is -2.09. The largest absolute Gasteiger partial charge is 0.316 e. The summed E-state index contributed by atoms with van der Waals surface area (Å²) in [5, 5.41) is 3.21. The van der Waals surface area contributed by atoms with Crippen LogP contribution < -0.4 is 5.32 Å². The van der Waals surface area contributed by atoms with Crippen molar-refractivity contribution in [2.75, 3.05) is 13.1 Å². The number of ketones is 1. The summed E-state index contributed by atoms with van der Waals surface area (Å²) in [5.74, 6) is 6.54. The van der Waals surface area contributed by atoms with Crippen molar-refractivity contribution in [3.63, 3.8) is 0 Å². The highest BCUT2D eigenvalue weighted by atomic mass is 16.1. The van der Waals surface area contributed by atoms with Crippen LogP contribution in [0, 0.1) is 23.7 Å². The van der Waals surface area contributed by atoms with Crippen LogP contribution in [0.25, 0.3) is 0 Å². The molecule has 0 aliphatic carbocycles. The molecule has 2 atom stereocenters. The second kappa shape index (κ2) is 4.27. The van der Waals surface area contributed by atoms with Crippen molar-refractivity contribution in [1.82, 2.24) is 5.32 Å². The van der Waals surface area contributed by atoms with Crippen LogP contribution in [0.1, 0.15) is 20.3 Å². The molecule has 66 valence electrons. The predicted octanol–water partition coefficient (Wildman–Crippen LogP) is 0.824. The third kappa shape index (κ3) is 2.09. The molecule has 2 heteroatoms. The Labute approximate surface area is 73.7 Å². The molecule has 12 heavy (non-hydrogen) atoms. The summed E-state index contributed by atoms with van der Waals surface area (Å²) in [6, 6.07) is 0. The molecule has 1 aliphatic rings. The van der Waals surface area contributed by atoms with Gasteiger partial charge in [0.15, 0.2) is 0 Å². The average Bonchev–Trinajstić information content (AvgIpc) is 2.47. The van der Waals surface area contributed by atoms with Crippen LogP contribution in [0.4, 0.5) is 0 Å². The Morgan fingerprint density at radius 2 is 2.33 bits per heavy atom. The van der Waals surface area contributed by atoms with E-state index in [1.54, 1.807) is 6.92 Å². The summed E-state index contributed by atoms with van der Waals surface area (Å²) in [5.41, 5.74) is 0. The van der Waals surface area contributed by atoms with Gasteiger partial charge in [-0.25, -0.2) is 0 Å². The monoisotopic (exact) mass is 165 g/mol. The first-order chi connectivity index (χ1) is 5.75. The van der Waals surface area contributed by atoms with Crippen molar-refractivity contribution in [3.05, 3.63) is 0 Å².